The van der Waals surface area contributed by atoms with Crippen LogP contribution in [0.4, 0.5) is 0 Å². The van der Waals surface area contributed by atoms with E-state index in [2.05, 4.69) is 31.9 Å². The van der Waals surface area contributed by atoms with Crippen molar-refractivity contribution in [2.45, 2.75) is 12.8 Å². The Morgan fingerprint density at radius 2 is 1.42 bits per heavy atom. The van der Waals surface area contributed by atoms with Crippen molar-refractivity contribution in [3.05, 3.63) is 0 Å². The second-order valence-corrected chi connectivity index (χ2v) is 4.40. The maximum absolute atomic E-state index is 10.8. The van der Waals surface area contributed by atoms with E-state index in [1.54, 1.807) is 0 Å². The first-order chi connectivity index (χ1) is 5.81. The summed E-state index contributed by atoms with van der Waals surface area (Å²) in [5.41, 5.74) is 0. The van der Waals surface area contributed by atoms with E-state index in [-0.39, 0.29) is 0 Å². The van der Waals surface area contributed by atoms with E-state index >= 15 is 0 Å². The van der Waals surface area contributed by atoms with Gasteiger partial charge in [0.2, 0.25) is 0 Å². The average Bonchev–Trinajstić information content (AvgIpc) is 2.06. The van der Waals surface area contributed by atoms with Gasteiger partial charge in [-0.15, -0.1) is 0 Å². The minimum absolute atomic E-state index is 0.464. The van der Waals surface area contributed by atoms with E-state index in [4.69, 9.17) is 8.37 Å². The zero-order valence-corrected chi connectivity index (χ0v) is 10.6. The molecule has 3 nitrogen and oxygen atoms in total. The highest BCUT2D eigenvalue weighted by Crippen LogP contribution is 1.96. The molecule has 0 atom stereocenters. The Kier molecular flexibility index (Phi) is 11.0. The molecule has 0 amide bonds. The van der Waals surface area contributed by atoms with Crippen LogP contribution in [-0.2, 0) is 19.7 Å². The minimum atomic E-state index is -1.56. The van der Waals surface area contributed by atoms with Crippen molar-refractivity contribution in [3.63, 3.8) is 0 Å². The first-order valence-electron chi connectivity index (χ1n) is 3.61. The van der Waals surface area contributed by atoms with Gasteiger partial charge < -0.3 is 0 Å². The van der Waals surface area contributed by atoms with Crippen molar-refractivity contribution in [2.24, 2.45) is 0 Å². The molecule has 12 heavy (non-hydrogen) atoms. The molecular formula is C6H12Br2O3S. The lowest BCUT2D eigenvalue weighted by atomic mass is 10.5. The van der Waals surface area contributed by atoms with Crippen LogP contribution in [0, 0.1) is 0 Å². The maximum Gasteiger partial charge on any atom is 0.304 e. The Morgan fingerprint density at radius 1 is 1.00 bits per heavy atom. The molecule has 6 heteroatoms. The predicted molar refractivity (Wildman–Crippen MR) is 56.9 cm³/mol. The molecule has 0 aliphatic carbocycles. The molecule has 0 saturated heterocycles. The van der Waals surface area contributed by atoms with Crippen molar-refractivity contribution in [2.75, 3.05) is 23.9 Å². The van der Waals surface area contributed by atoms with E-state index in [0.29, 0.717) is 13.2 Å². The van der Waals surface area contributed by atoms with Gasteiger partial charge in [0.25, 0.3) is 0 Å². The smallest absolute Gasteiger partial charge is 0.268 e. The molecule has 0 aliphatic rings. The van der Waals surface area contributed by atoms with Crippen LogP contribution in [-0.4, -0.2) is 28.1 Å². The summed E-state index contributed by atoms with van der Waals surface area (Å²) in [7, 11) is 0. The number of alkyl halides is 2. The first kappa shape index (κ1) is 13.0. The van der Waals surface area contributed by atoms with Crippen LogP contribution < -0.4 is 0 Å². The van der Waals surface area contributed by atoms with Gasteiger partial charge in [0.05, 0.1) is 13.2 Å². The molecule has 0 N–H and O–H groups in total. The third-order valence-corrected chi connectivity index (χ3v) is 2.75. The molecule has 0 radical (unpaired) electrons. The molecule has 74 valence electrons. The number of hydrogen-bond donors (Lipinski definition) is 0. The molecule has 0 heterocycles. The van der Waals surface area contributed by atoms with Gasteiger partial charge >= 0.3 is 11.4 Å². The fourth-order valence-corrected chi connectivity index (χ4v) is 1.43. The monoisotopic (exact) mass is 322 g/mol. The van der Waals surface area contributed by atoms with Crippen LogP contribution in [0.3, 0.4) is 0 Å². The Hall–Kier alpha value is 1.03. The van der Waals surface area contributed by atoms with Crippen LogP contribution in [0.2, 0.25) is 0 Å². The average molecular weight is 324 g/mol. The Labute approximate surface area is 92.3 Å². The number of halogens is 2. The largest absolute Gasteiger partial charge is 0.304 e. The summed E-state index contributed by atoms with van der Waals surface area (Å²) in [4.78, 5) is 0. The molecule has 0 saturated carbocycles. The third kappa shape index (κ3) is 9.12. The summed E-state index contributed by atoms with van der Waals surface area (Å²) in [5, 5.41) is 1.71. The quantitative estimate of drug-likeness (QED) is 0.507. The number of rotatable bonds is 8. The van der Waals surface area contributed by atoms with E-state index in [0.717, 1.165) is 23.5 Å². The Bertz CT molecular complexity index is 111. The topological polar surface area (TPSA) is 35.5 Å². The van der Waals surface area contributed by atoms with Crippen molar-refractivity contribution in [1.29, 1.82) is 0 Å². The normalized spacial score (nSPS) is 10.9. The summed E-state index contributed by atoms with van der Waals surface area (Å²) in [6.07, 6.45) is 1.68. The standard InChI is InChI=1S/C6H12Br2O3S/c7-3-1-5-10-12(9)11-6-2-4-8/h1-6H2. The van der Waals surface area contributed by atoms with Crippen LogP contribution in [0.15, 0.2) is 0 Å². The van der Waals surface area contributed by atoms with Crippen LogP contribution in [0.25, 0.3) is 0 Å². The lowest BCUT2D eigenvalue weighted by Crippen LogP contribution is -2.05. The van der Waals surface area contributed by atoms with Gasteiger partial charge in [-0.05, 0) is 12.8 Å². The van der Waals surface area contributed by atoms with Gasteiger partial charge in [0.15, 0.2) is 0 Å². The predicted octanol–water partition coefficient (Wildman–Crippen LogP) is 2.17. The Morgan fingerprint density at radius 3 is 1.75 bits per heavy atom. The molecule has 0 rings (SSSR count). The van der Waals surface area contributed by atoms with Crippen LogP contribution in [0.5, 0.6) is 0 Å². The first-order valence-corrected chi connectivity index (χ1v) is 6.85. The van der Waals surface area contributed by atoms with Crippen LogP contribution >= 0.6 is 31.9 Å². The van der Waals surface area contributed by atoms with Crippen molar-refractivity contribution >= 4 is 43.2 Å². The van der Waals surface area contributed by atoms with E-state index in [1.165, 1.54) is 0 Å². The molecule has 0 aromatic carbocycles. The molecule has 0 aliphatic heterocycles. The molecule has 0 aromatic rings. The number of hydrogen-bond acceptors (Lipinski definition) is 3. The highest BCUT2D eigenvalue weighted by Gasteiger charge is 1.99. The third-order valence-electron chi connectivity index (χ3n) is 0.915. The van der Waals surface area contributed by atoms with Gasteiger partial charge in [-0.1, -0.05) is 31.9 Å². The Balaban J connectivity index is 3.10. The van der Waals surface area contributed by atoms with E-state index in [9.17, 15) is 4.21 Å². The summed E-state index contributed by atoms with van der Waals surface area (Å²) in [6.45, 7) is 0.929. The minimum Gasteiger partial charge on any atom is -0.268 e. The zero-order valence-electron chi connectivity index (χ0n) is 6.63. The second-order valence-electron chi connectivity index (χ2n) is 1.93. The summed E-state index contributed by atoms with van der Waals surface area (Å²) in [5.74, 6) is 0. The molecule has 0 spiro atoms. The molecule has 0 aromatic heterocycles. The van der Waals surface area contributed by atoms with Gasteiger partial charge in [-0.2, -0.15) is 4.21 Å². The fraction of sp³-hybridized carbons (Fsp3) is 1.00. The maximum atomic E-state index is 10.8. The second kappa shape index (κ2) is 10.1. The van der Waals surface area contributed by atoms with E-state index in [1.807, 2.05) is 0 Å². The lowest BCUT2D eigenvalue weighted by molar-refractivity contribution is 0.251. The van der Waals surface area contributed by atoms with E-state index < -0.39 is 11.4 Å². The van der Waals surface area contributed by atoms with Gasteiger partial charge in [-0.25, -0.2) is 0 Å². The van der Waals surface area contributed by atoms with Gasteiger partial charge in [-0.3, -0.25) is 8.37 Å². The SMILES string of the molecule is O=S(OCCCBr)OCCCBr. The van der Waals surface area contributed by atoms with Gasteiger partial charge in [0.1, 0.15) is 0 Å². The lowest BCUT2D eigenvalue weighted by Gasteiger charge is -2.01. The summed E-state index contributed by atoms with van der Waals surface area (Å²) < 4.78 is 20.5. The molecule has 0 fully saturated rings. The molecule has 0 unspecified atom stereocenters. The highest BCUT2D eigenvalue weighted by molar-refractivity contribution is 9.09. The summed E-state index contributed by atoms with van der Waals surface area (Å²) >= 11 is 4.91. The fourth-order valence-electron chi connectivity index (χ4n) is 0.397. The van der Waals surface area contributed by atoms with Crippen molar-refractivity contribution in [3.8, 4) is 0 Å². The summed E-state index contributed by atoms with van der Waals surface area (Å²) in [6, 6.07) is 0. The highest BCUT2D eigenvalue weighted by atomic mass is 79.9. The van der Waals surface area contributed by atoms with Crippen LogP contribution in [0.1, 0.15) is 12.8 Å². The van der Waals surface area contributed by atoms with Crippen molar-refractivity contribution in [1.82, 2.24) is 0 Å². The zero-order chi connectivity index (χ0) is 9.23. The molecular weight excluding hydrogens is 312 g/mol. The van der Waals surface area contributed by atoms with Crippen molar-refractivity contribution < 1.29 is 12.6 Å². The van der Waals surface area contributed by atoms with Gasteiger partial charge in [0, 0.05) is 10.7 Å². The molecule has 0 bridgehead atoms.